The van der Waals surface area contributed by atoms with Crippen LogP contribution in [0, 0.1) is 27.7 Å². The molecule has 4 aliphatic carbocycles. The Morgan fingerprint density at radius 1 is 0.125 bits per heavy atom. The van der Waals surface area contributed by atoms with Crippen molar-refractivity contribution in [3.63, 3.8) is 0 Å². The van der Waals surface area contributed by atoms with Crippen LogP contribution in [0.4, 0.5) is 0 Å². The first-order chi connectivity index (χ1) is 63.2. The van der Waals surface area contributed by atoms with Crippen LogP contribution < -0.4 is 0 Å². The lowest BCUT2D eigenvalue weighted by molar-refractivity contribution is 0.768. The van der Waals surface area contributed by atoms with Crippen molar-refractivity contribution in [1.29, 1.82) is 0 Å². The van der Waals surface area contributed by atoms with Crippen LogP contribution in [-0.4, -0.2) is 0 Å². The summed E-state index contributed by atoms with van der Waals surface area (Å²) in [6.45, 7) is 8.65. The lowest BCUT2D eigenvalue weighted by Gasteiger charge is -2.34. The molecule has 0 aromatic heterocycles. The first-order valence-corrected chi connectivity index (χ1v) is 44.9. The Labute approximate surface area is 753 Å². The van der Waals surface area contributed by atoms with Crippen molar-refractivity contribution in [2.75, 3.05) is 0 Å². The van der Waals surface area contributed by atoms with E-state index >= 15 is 0 Å². The molecule has 0 atom stereocenters. The molecule has 0 unspecified atom stereocenters. The van der Waals surface area contributed by atoms with Crippen molar-refractivity contribution in [3.8, 4) is 89.0 Å². The summed E-state index contributed by atoms with van der Waals surface area (Å²) in [6, 6.07) is 186. The average molecular weight is 1630 g/mol. The highest BCUT2D eigenvalue weighted by Crippen LogP contribution is 2.63. The molecule has 0 fully saturated rings. The fraction of sp³-hybridized carbons (Fsp3) is 0.0625. The van der Waals surface area contributed by atoms with Gasteiger partial charge in [0.25, 0.3) is 0 Å². The average Bonchev–Trinajstić information content (AvgIpc) is 1.55. The van der Waals surface area contributed by atoms with Gasteiger partial charge in [-0.1, -0.05) is 514 Å². The zero-order valence-electron chi connectivity index (χ0n) is 72.5. The van der Waals surface area contributed by atoms with Gasteiger partial charge in [-0.05, 0) is 223 Å². The zero-order chi connectivity index (χ0) is 86.2. The second-order valence-corrected chi connectivity index (χ2v) is 34.5. The Morgan fingerprint density at radius 2 is 0.359 bits per heavy atom. The zero-order valence-corrected chi connectivity index (χ0v) is 72.5. The quantitative estimate of drug-likeness (QED) is 0.114. The minimum absolute atomic E-state index is 0.320. The summed E-state index contributed by atoms with van der Waals surface area (Å²) in [5, 5.41) is 0. The van der Waals surface area contributed by atoms with E-state index in [4.69, 9.17) is 0 Å². The lowest BCUT2D eigenvalue weighted by Crippen LogP contribution is -2.28. The van der Waals surface area contributed by atoms with Crippen LogP contribution in [0.1, 0.15) is 111 Å². The van der Waals surface area contributed by atoms with E-state index in [9.17, 15) is 0 Å². The summed E-state index contributed by atoms with van der Waals surface area (Å²) in [6.07, 6.45) is 0. The van der Waals surface area contributed by atoms with Gasteiger partial charge in [-0.25, -0.2) is 0 Å². The summed E-state index contributed by atoms with van der Waals surface area (Å²) in [5.74, 6) is 0. The van der Waals surface area contributed by atoms with Gasteiger partial charge in [0.2, 0.25) is 0 Å². The molecule has 0 nitrogen and oxygen atoms in total. The topological polar surface area (TPSA) is 0 Å². The molecule has 0 N–H and O–H groups in total. The fourth-order valence-electron chi connectivity index (χ4n) is 22.0. The van der Waals surface area contributed by atoms with Gasteiger partial charge in [0, 0.05) is 0 Å². The maximum absolute atomic E-state index is 2.39. The van der Waals surface area contributed by atoms with E-state index in [2.05, 4.69) is 537 Å². The molecule has 4 aliphatic rings. The first-order valence-electron chi connectivity index (χ1n) is 44.9. The summed E-state index contributed by atoms with van der Waals surface area (Å²) in [5.41, 5.74) is 46.0. The SMILES string of the molecule is Cc1ccc(-c2cccc3c2-c2ccccc2C3(c2ccccc2)c2ccccc2)cc1.Cc1cccc(-c2ccc3c(c2)-c2ccccc2C3(c2ccccc2)c2ccccc2)c1.Cc1cccc(-c2cccc3c2-c2ccccc2C3(c2ccccc2)c2ccccc2)c1.Cc1ccccc1-c1ccc2c(c1)-c1ccccc1C2(c1ccccc1)c1ccccc1. The van der Waals surface area contributed by atoms with Crippen LogP contribution in [0.2, 0.25) is 0 Å². The number of aryl methyl sites for hydroxylation is 4. The molecule has 608 valence electrons. The summed E-state index contributed by atoms with van der Waals surface area (Å²) < 4.78 is 0. The highest BCUT2D eigenvalue weighted by molar-refractivity contribution is 5.98. The third-order valence-electron chi connectivity index (χ3n) is 27.4. The fourth-order valence-corrected chi connectivity index (χ4v) is 22.0. The summed E-state index contributed by atoms with van der Waals surface area (Å²) in [4.78, 5) is 0. The van der Waals surface area contributed by atoms with Gasteiger partial charge in [-0.2, -0.15) is 0 Å². The lowest BCUT2D eigenvalue weighted by atomic mass is 9.67. The van der Waals surface area contributed by atoms with Crippen LogP contribution in [-0.2, 0) is 21.7 Å². The monoisotopic (exact) mass is 1630 g/mol. The molecule has 0 aliphatic heterocycles. The molecular weight excluding hydrogens is 1540 g/mol. The van der Waals surface area contributed by atoms with Gasteiger partial charge in [0.05, 0.1) is 21.7 Å². The Hall–Kier alpha value is -15.6. The Balaban J connectivity index is 0.000000104. The van der Waals surface area contributed by atoms with Crippen molar-refractivity contribution >= 4 is 0 Å². The minimum atomic E-state index is -0.339. The molecule has 128 heavy (non-hydrogen) atoms. The molecule has 0 radical (unpaired) electrons. The third kappa shape index (κ3) is 13.3. The van der Waals surface area contributed by atoms with Gasteiger partial charge in [0.15, 0.2) is 0 Å². The van der Waals surface area contributed by atoms with Gasteiger partial charge >= 0.3 is 0 Å². The number of rotatable bonds is 12. The van der Waals surface area contributed by atoms with E-state index < -0.39 is 0 Å². The highest BCUT2D eigenvalue weighted by Gasteiger charge is 2.51. The van der Waals surface area contributed by atoms with E-state index in [1.807, 2.05) is 0 Å². The van der Waals surface area contributed by atoms with E-state index in [1.54, 1.807) is 0 Å². The van der Waals surface area contributed by atoms with Crippen molar-refractivity contribution < 1.29 is 0 Å². The molecular formula is C128H96. The van der Waals surface area contributed by atoms with Crippen molar-refractivity contribution in [1.82, 2.24) is 0 Å². The van der Waals surface area contributed by atoms with E-state index in [0.717, 1.165) is 0 Å². The smallest absolute Gasteiger partial charge is 0.0622 e. The summed E-state index contributed by atoms with van der Waals surface area (Å²) >= 11 is 0. The molecule has 0 bridgehead atoms. The van der Waals surface area contributed by atoms with Crippen LogP contribution in [0.3, 0.4) is 0 Å². The molecule has 0 amide bonds. The largest absolute Gasteiger partial charge is 0.0713 e. The van der Waals surface area contributed by atoms with Crippen molar-refractivity contribution in [2.45, 2.75) is 49.4 Å². The molecule has 0 saturated heterocycles. The maximum Gasteiger partial charge on any atom is 0.0713 e. The predicted octanol–water partition coefficient (Wildman–Crippen LogP) is 32.1. The molecule has 20 aromatic rings. The Kier molecular flexibility index (Phi) is 21.0. The van der Waals surface area contributed by atoms with Crippen molar-refractivity contribution in [3.05, 3.63) is 621 Å². The number of hydrogen-bond donors (Lipinski definition) is 0. The van der Waals surface area contributed by atoms with Gasteiger partial charge < -0.3 is 0 Å². The molecule has 0 heteroatoms. The number of fused-ring (bicyclic) bond motifs is 12. The van der Waals surface area contributed by atoms with E-state index in [1.165, 1.54) is 200 Å². The molecule has 0 saturated carbocycles. The van der Waals surface area contributed by atoms with E-state index in [-0.39, 0.29) is 21.7 Å². The van der Waals surface area contributed by atoms with Crippen LogP contribution >= 0.6 is 0 Å². The normalized spacial score (nSPS) is 13.4. The molecule has 20 aromatic carbocycles. The molecule has 0 heterocycles. The Bertz CT molecular complexity index is 7260. The Morgan fingerprint density at radius 3 is 0.727 bits per heavy atom. The van der Waals surface area contributed by atoms with E-state index in [0.29, 0.717) is 0 Å². The van der Waals surface area contributed by atoms with Crippen LogP contribution in [0.5, 0.6) is 0 Å². The standard InChI is InChI=1S/4C32H24/c1-23-12-10-13-24(22-23)27-19-11-21-30-31(27)28-18-8-9-20-29(28)32(30,25-14-4-2-5-15-25)26-16-6-3-7-17-26;1-23-11-10-12-24(21-23)25-19-20-31-29(22-25)28-17-8-9-18-30(28)32(31,26-13-4-2-5-14-26)27-15-6-3-7-16-27;1-23-12-8-9-17-27(23)24-20-21-31-29(22-24)28-18-10-11-19-30(28)32(31,25-13-4-2-5-14-25)26-15-6-3-7-16-26;1-23-19-21-24(22-20-23)27-16-10-18-30-31(27)28-15-8-9-17-29(28)32(30,25-11-4-2-5-12-25)26-13-6-3-7-14-26/h4*2-22H,1H3. The highest BCUT2D eigenvalue weighted by atomic mass is 14.5. The third-order valence-corrected chi connectivity index (χ3v) is 27.4. The van der Waals surface area contributed by atoms with Gasteiger partial charge in [-0.3, -0.25) is 0 Å². The van der Waals surface area contributed by atoms with Gasteiger partial charge in [-0.15, -0.1) is 0 Å². The predicted molar refractivity (Wildman–Crippen MR) is 536 cm³/mol. The number of benzene rings is 20. The second kappa shape index (κ2) is 33.8. The van der Waals surface area contributed by atoms with Crippen molar-refractivity contribution in [2.24, 2.45) is 0 Å². The first kappa shape index (κ1) is 79.6. The van der Waals surface area contributed by atoms with Crippen LogP contribution in [0.15, 0.2) is 510 Å². The molecule has 0 spiro atoms. The van der Waals surface area contributed by atoms with Crippen LogP contribution in [0.25, 0.3) is 89.0 Å². The summed E-state index contributed by atoms with van der Waals surface area (Å²) in [7, 11) is 0. The molecule has 24 rings (SSSR count). The number of hydrogen-bond acceptors (Lipinski definition) is 0. The second-order valence-electron chi connectivity index (χ2n) is 34.5. The van der Waals surface area contributed by atoms with Gasteiger partial charge in [0.1, 0.15) is 0 Å². The minimum Gasteiger partial charge on any atom is -0.0622 e. The maximum atomic E-state index is 2.39.